The van der Waals surface area contributed by atoms with Crippen molar-refractivity contribution >= 4 is 21.9 Å². The average Bonchev–Trinajstić information content (AvgIpc) is 3.23. The van der Waals surface area contributed by atoms with Gasteiger partial charge >= 0.3 is 5.97 Å². The molecule has 3 rings (SSSR count). The van der Waals surface area contributed by atoms with Crippen molar-refractivity contribution < 1.29 is 27.2 Å². The summed E-state index contributed by atoms with van der Waals surface area (Å²) in [7, 11) is -3.61. The molecule has 0 aliphatic heterocycles. The van der Waals surface area contributed by atoms with Crippen LogP contribution in [0.5, 0.6) is 0 Å². The summed E-state index contributed by atoms with van der Waals surface area (Å²) in [6.45, 7) is 5.52. The summed E-state index contributed by atoms with van der Waals surface area (Å²) in [6, 6.07) is 14.9. The Kier molecular flexibility index (Phi) is 8.19. The molecule has 9 nitrogen and oxygen atoms in total. The topological polar surface area (TPSA) is 119 Å². The second-order valence-electron chi connectivity index (χ2n) is 7.34. The molecule has 34 heavy (non-hydrogen) atoms. The lowest BCUT2D eigenvalue weighted by Crippen LogP contribution is -2.31. The molecule has 0 atom stereocenters. The fourth-order valence-corrected chi connectivity index (χ4v) is 4.67. The Balaban J connectivity index is 1.53. The fourth-order valence-electron chi connectivity index (χ4n) is 3.21. The number of carbonyl (C=O) groups excluding carboxylic acids is 2. The number of ether oxygens (including phenoxy) is 1. The van der Waals surface area contributed by atoms with Crippen LogP contribution >= 0.6 is 0 Å². The summed E-state index contributed by atoms with van der Waals surface area (Å²) >= 11 is 0. The Bertz CT molecular complexity index is 1230. The molecule has 10 heteroatoms. The van der Waals surface area contributed by atoms with Gasteiger partial charge in [-0.25, -0.2) is 13.4 Å². The van der Waals surface area contributed by atoms with Crippen LogP contribution in [0.15, 0.2) is 63.9 Å². The zero-order valence-corrected chi connectivity index (χ0v) is 20.1. The molecule has 0 aliphatic carbocycles. The van der Waals surface area contributed by atoms with E-state index in [1.807, 2.05) is 30.3 Å². The number of rotatable bonds is 10. The highest BCUT2D eigenvalue weighted by Crippen LogP contribution is 2.22. The summed E-state index contributed by atoms with van der Waals surface area (Å²) in [4.78, 5) is 28.9. The van der Waals surface area contributed by atoms with Gasteiger partial charge in [0.2, 0.25) is 15.9 Å². The molecule has 0 radical (unpaired) electrons. The summed E-state index contributed by atoms with van der Waals surface area (Å²) < 4.78 is 37.2. The number of oxazole rings is 1. The number of nitrogens with zero attached hydrogens (tertiary/aromatic N) is 2. The molecule has 2 aromatic carbocycles. The predicted molar refractivity (Wildman–Crippen MR) is 125 cm³/mol. The number of nitrogens with one attached hydrogen (secondary N) is 1. The van der Waals surface area contributed by atoms with Gasteiger partial charge in [0.1, 0.15) is 24.6 Å². The van der Waals surface area contributed by atoms with Crippen molar-refractivity contribution in [2.75, 3.05) is 19.6 Å². The smallest absolute Gasteiger partial charge is 0.325 e. The molecule has 0 fully saturated rings. The number of sulfonamides is 1. The van der Waals surface area contributed by atoms with Crippen LogP contribution in [0.25, 0.3) is 11.5 Å². The minimum Gasteiger partial charge on any atom is -0.458 e. The van der Waals surface area contributed by atoms with Gasteiger partial charge in [0.15, 0.2) is 0 Å². The van der Waals surface area contributed by atoms with Crippen molar-refractivity contribution in [1.29, 1.82) is 0 Å². The molecule has 1 heterocycles. The molecule has 0 unspecified atom stereocenters. The molecule has 0 bridgehead atoms. The van der Waals surface area contributed by atoms with Gasteiger partial charge in [-0.15, -0.1) is 0 Å². The second-order valence-corrected chi connectivity index (χ2v) is 9.28. The molecule has 3 aromatic rings. The lowest BCUT2D eigenvalue weighted by Gasteiger charge is -2.18. The number of aromatic nitrogens is 1. The number of aryl methyl sites for hydroxylation is 1. The number of carbonyl (C=O) groups is 2. The Morgan fingerprint density at radius 1 is 1.03 bits per heavy atom. The monoisotopic (exact) mass is 485 g/mol. The molecule has 0 aliphatic rings. The highest BCUT2D eigenvalue weighted by Gasteiger charge is 2.22. The van der Waals surface area contributed by atoms with Gasteiger partial charge in [0.05, 0.1) is 4.90 Å². The second kappa shape index (κ2) is 11.1. The van der Waals surface area contributed by atoms with Crippen LogP contribution in [0.1, 0.15) is 35.7 Å². The lowest BCUT2D eigenvalue weighted by atomic mass is 10.2. The first kappa shape index (κ1) is 25.1. The Labute approximate surface area is 198 Å². The zero-order chi connectivity index (χ0) is 24.7. The van der Waals surface area contributed by atoms with E-state index in [1.165, 1.54) is 28.6 Å². The van der Waals surface area contributed by atoms with Crippen molar-refractivity contribution in [3.8, 4) is 11.5 Å². The van der Waals surface area contributed by atoms with E-state index in [2.05, 4.69) is 10.3 Å². The molecule has 180 valence electrons. The van der Waals surface area contributed by atoms with E-state index in [4.69, 9.17) is 9.15 Å². The molecule has 0 spiro atoms. The Hall–Kier alpha value is -3.50. The third-order valence-corrected chi connectivity index (χ3v) is 7.20. The lowest BCUT2D eigenvalue weighted by molar-refractivity contribution is -0.143. The van der Waals surface area contributed by atoms with Crippen molar-refractivity contribution in [2.45, 2.75) is 32.3 Å². The normalized spacial score (nSPS) is 11.4. The van der Waals surface area contributed by atoms with Gasteiger partial charge < -0.3 is 14.5 Å². The highest BCUT2D eigenvalue weighted by atomic mass is 32.2. The Morgan fingerprint density at radius 3 is 2.29 bits per heavy atom. The van der Waals surface area contributed by atoms with Gasteiger partial charge in [-0.05, 0) is 43.3 Å². The molecular weight excluding hydrogens is 458 g/mol. The number of hydrogen-bond acceptors (Lipinski definition) is 7. The Morgan fingerprint density at radius 2 is 1.68 bits per heavy atom. The van der Waals surface area contributed by atoms with Crippen molar-refractivity contribution in [3.63, 3.8) is 0 Å². The highest BCUT2D eigenvalue weighted by molar-refractivity contribution is 7.89. The van der Waals surface area contributed by atoms with Crippen molar-refractivity contribution in [3.05, 3.63) is 71.6 Å². The largest absolute Gasteiger partial charge is 0.458 e. The van der Waals surface area contributed by atoms with E-state index >= 15 is 0 Å². The van der Waals surface area contributed by atoms with E-state index in [0.29, 0.717) is 30.4 Å². The minimum atomic E-state index is -3.61. The van der Waals surface area contributed by atoms with Gasteiger partial charge in [-0.3, -0.25) is 9.59 Å². The zero-order valence-electron chi connectivity index (χ0n) is 19.3. The summed E-state index contributed by atoms with van der Waals surface area (Å²) in [6.07, 6.45) is 0. The molecule has 1 aromatic heterocycles. The number of hydrogen-bond donors (Lipinski definition) is 1. The molecule has 0 saturated carbocycles. The van der Waals surface area contributed by atoms with Crippen LogP contribution in [-0.4, -0.2) is 49.2 Å². The maximum Gasteiger partial charge on any atom is 0.325 e. The van der Waals surface area contributed by atoms with E-state index in [1.54, 1.807) is 20.8 Å². The standard InChI is InChI=1S/C24H27N3O6S/c1-4-27(5-2)34(30,31)20-13-11-18(12-14-20)23(29)25-15-22(28)32-16-21-17(3)33-24(26-21)19-9-7-6-8-10-19/h6-14H,4-5,15-16H2,1-3H3,(H,25,29). The van der Waals surface area contributed by atoms with Crippen LogP contribution < -0.4 is 5.32 Å². The van der Waals surface area contributed by atoms with Crippen LogP contribution in [0.3, 0.4) is 0 Å². The quantitative estimate of drug-likeness (QED) is 0.438. The molecule has 1 N–H and O–H groups in total. The predicted octanol–water partition coefficient (Wildman–Crippen LogP) is 3.15. The first-order valence-electron chi connectivity index (χ1n) is 10.8. The van der Waals surface area contributed by atoms with Crippen LogP contribution in [-0.2, 0) is 26.2 Å². The summed E-state index contributed by atoms with van der Waals surface area (Å²) in [5, 5.41) is 2.47. The number of benzene rings is 2. The number of esters is 1. The molecule has 0 saturated heterocycles. The van der Waals surface area contributed by atoms with Crippen LogP contribution in [0.2, 0.25) is 0 Å². The summed E-state index contributed by atoms with van der Waals surface area (Å²) in [5.74, 6) is -0.190. The maximum atomic E-state index is 12.5. The third-order valence-electron chi connectivity index (χ3n) is 5.14. The van der Waals surface area contributed by atoms with Gasteiger partial charge in [0.25, 0.3) is 5.91 Å². The van der Waals surface area contributed by atoms with Crippen LogP contribution in [0, 0.1) is 6.92 Å². The first-order chi connectivity index (χ1) is 16.3. The summed E-state index contributed by atoms with van der Waals surface area (Å²) in [5.41, 5.74) is 1.53. The van der Waals surface area contributed by atoms with E-state index in [-0.39, 0.29) is 23.6 Å². The fraction of sp³-hybridized carbons (Fsp3) is 0.292. The number of amides is 1. The van der Waals surface area contributed by atoms with E-state index in [0.717, 1.165) is 5.56 Å². The average molecular weight is 486 g/mol. The van der Waals surface area contributed by atoms with Crippen molar-refractivity contribution in [1.82, 2.24) is 14.6 Å². The molecule has 1 amide bonds. The first-order valence-corrected chi connectivity index (χ1v) is 12.3. The van der Waals surface area contributed by atoms with Gasteiger partial charge in [-0.2, -0.15) is 4.31 Å². The van der Waals surface area contributed by atoms with Crippen LogP contribution in [0.4, 0.5) is 0 Å². The van der Waals surface area contributed by atoms with E-state index < -0.39 is 21.9 Å². The third kappa shape index (κ3) is 5.89. The van der Waals surface area contributed by atoms with Gasteiger partial charge in [0, 0.05) is 24.2 Å². The van der Waals surface area contributed by atoms with Crippen molar-refractivity contribution in [2.24, 2.45) is 0 Å². The van der Waals surface area contributed by atoms with Gasteiger partial charge in [-0.1, -0.05) is 32.0 Å². The SMILES string of the molecule is CCN(CC)S(=O)(=O)c1ccc(C(=O)NCC(=O)OCc2nc(-c3ccccc3)oc2C)cc1. The minimum absolute atomic E-state index is 0.0885. The maximum absolute atomic E-state index is 12.5. The molecular formula is C24H27N3O6S. The van der Waals surface area contributed by atoms with E-state index in [9.17, 15) is 18.0 Å².